The van der Waals surface area contributed by atoms with Crippen LogP contribution in [0.15, 0.2) is 36.4 Å². The highest BCUT2D eigenvalue weighted by molar-refractivity contribution is 6.42. The third-order valence-electron chi connectivity index (χ3n) is 3.46. The monoisotopic (exact) mass is 397 g/mol. The van der Waals surface area contributed by atoms with Gasteiger partial charge in [0.15, 0.2) is 17.6 Å². The minimum absolute atomic E-state index is 0.199. The van der Waals surface area contributed by atoms with Crippen LogP contribution in [0.25, 0.3) is 0 Å². The van der Waals surface area contributed by atoms with Crippen LogP contribution in [0.5, 0.6) is 11.5 Å². The number of ether oxygens (including phenoxy) is 3. The van der Waals surface area contributed by atoms with E-state index in [1.54, 1.807) is 18.2 Å². The van der Waals surface area contributed by atoms with E-state index in [1.807, 2.05) is 0 Å². The molecule has 8 heteroatoms. The van der Waals surface area contributed by atoms with Crippen LogP contribution >= 0.6 is 23.2 Å². The Labute approximate surface area is 160 Å². The number of hydrogen-bond acceptors (Lipinski definition) is 5. The quantitative estimate of drug-likeness (QED) is 0.739. The smallest absolute Gasteiger partial charge is 0.338 e. The molecule has 6 nitrogen and oxygen atoms in total. The number of carbonyl (C=O) groups excluding carboxylic acids is 2. The van der Waals surface area contributed by atoms with E-state index in [4.69, 9.17) is 37.4 Å². The fraction of sp³-hybridized carbons (Fsp3) is 0.222. The third-order valence-corrected chi connectivity index (χ3v) is 4.20. The van der Waals surface area contributed by atoms with E-state index in [0.29, 0.717) is 22.2 Å². The van der Waals surface area contributed by atoms with Crippen molar-refractivity contribution in [2.24, 2.45) is 0 Å². The number of anilines is 1. The van der Waals surface area contributed by atoms with E-state index >= 15 is 0 Å². The normalized spacial score (nSPS) is 11.4. The Morgan fingerprint density at radius 3 is 2.27 bits per heavy atom. The van der Waals surface area contributed by atoms with Gasteiger partial charge in [0.25, 0.3) is 5.91 Å². The summed E-state index contributed by atoms with van der Waals surface area (Å²) in [5.41, 5.74) is 0.676. The number of methoxy groups -OCH3 is 2. The van der Waals surface area contributed by atoms with Gasteiger partial charge >= 0.3 is 5.97 Å². The molecule has 0 fully saturated rings. The average Bonchev–Trinajstić information content (AvgIpc) is 2.63. The molecule has 0 spiro atoms. The molecular weight excluding hydrogens is 381 g/mol. The number of nitrogens with one attached hydrogen (secondary N) is 1. The molecule has 0 aliphatic rings. The number of halogens is 2. The fourth-order valence-electron chi connectivity index (χ4n) is 2.06. The Bertz CT molecular complexity index is 825. The lowest BCUT2D eigenvalue weighted by molar-refractivity contribution is -0.123. The first-order chi connectivity index (χ1) is 12.3. The van der Waals surface area contributed by atoms with Crippen LogP contribution in [0.4, 0.5) is 5.69 Å². The van der Waals surface area contributed by atoms with E-state index in [0.717, 1.165) is 0 Å². The third kappa shape index (κ3) is 4.80. The SMILES string of the molecule is COc1ccc(NC(=O)[C@H](C)OC(=O)c2ccc(Cl)c(Cl)c2)cc1OC. The van der Waals surface area contributed by atoms with E-state index < -0.39 is 18.0 Å². The first kappa shape index (κ1) is 19.9. The van der Waals surface area contributed by atoms with Crippen molar-refractivity contribution in [3.05, 3.63) is 52.0 Å². The van der Waals surface area contributed by atoms with Gasteiger partial charge < -0.3 is 19.5 Å². The zero-order valence-electron chi connectivity index (χ0n) is 14.3. The van der Waals surface area contributed by atoms with Gasteiger partial charge in [0.2, 0.25) is 0 Å². The van der Waals surface area contributed by atoms with Gasteiger partial charge in [0.1, 0.15) is 0 Å². The zero-order valence-corrected chi connectivity index (χ0v) is 15.9. The van der Waals surface area contributed by atoms with Crippen LogP contribution in [0, 0.1) is 0 Å². The summed E-state index contributed by atoms with van der Waals surface area (Å²) in [6.45, 7) is 1.46. The Morgan fingerprint density at radius 1 is 0.962 bits per heavy atom. The molecular formula is C18H17Cl2NO5. The maximum absolute atomic E-state index is 12.2. The predicted octanol–water partition coefficient (Wildman–Crippen LogP) is 4.19. The minimum Gasteiger partial charge on any atom is -0.493 e. The van der Waals surface area contributed by atoms with E-state index in [-0.39, 0.29) is 10.6 Å². The number of rotatable bonds is 6. The van der Waals surface area contributed by atoms with Crippen molar-refractivity contribution in [3.63, 3.8) is 0 Å². The molecule has 138 valence electrons. The molecule has 0 unspecified atom stereocenters. The van der Waals surface area contributed by atoms with Gasteiger partial charge in [-0.1, -0.05) is 23.2 Å². The second-order valence-corrected chi connectivity index (χ2v) is 6.05. The first-order valence-electron chi connectivity index (χ1n) is 7.54. The van der Waals surface area contributed by atoms with Crippen molar-refractivity contribution in [1.82, 2.24) is 0 Å². The van der Waals surface area contributed by atoms with Gasteiger partial charge in [-0.15, -0.1) is 0 Å². The summed E-state index contributed by atoms with van der Waals surface area (Å²) >= 11 is 11.7. The molecule has 2 aromatic rings. The van der Waals surface area contributed by atoms with Crippen molar-refractivity contribution >= 4 is 40.8 Å². The molecule has 0 aliphatic heterocycles. The maximum Gasteiger partial charge on any atom is 0.338 e. The molecule has 1 N–H and O–H groups in total. The molecule has 2 rings (SSSR count). The number of benzene rings is 2. The largest absolute Gasteiger partial charge is 0.493 e. The topological polar surface area (TPSA) is 73.9 Å². The molecule has 0 saturated heterocycles. The van der Waals surface area contributed by atoms with Crippen molar-refractivity contribution < 1.29 is 23.8 Å². The van der Waals surface area contributed by atoms with Crippen LogP contribution in [0.3, 0.4) is 0 Å². The lowest BCUT2D eigenvalue weighted by Crippen LogP contribution is -2.30. The Morgan fingerprint density at radius 2 is 1.65 bits per heavy atom. The summed E-state index contributed by atoms with van der Waals surface area (Å²) in [4.78, 5) is 24.4. The minimum atomic E-state index is -1.02. The van der Waals surface area contributed by atoms with Crippen LogP contribution in [-0.4, -0.2) is 32.2 Å². The van der Waals surface area contributed by atoms with Gasteiger partial charge in [0, 0.05) is 11.8 Å². The van der Waals surface area contributed by atoms with E-state index in [2.05, 4.69) is 5.32 Å². The molecule has 0 heterocycles. The number of esters is 1. The molecule has 0 aliphatic carbocycles. The molecule has 1 atom stereocenters. The van der Waals surface area contributed by atoms with Gasteiger partial charge in [0.05, 0.1) is 29.8 Å². The molecule has 2 aromatic carbocycles. The summed E-state index contributed by atoms with van der Waals surface area (Å²) in [6, 6.07) is 9.23. The van der Waals surface area contributed by atoms with Crippen LogP contribution in [0.1, 0.15) is 17.3 Å². The highest BCUT2D eigenvalue weighted by Crippen LogP contribution is 2.30. The molecule has 26 heavy (non-hydrogen) atoms. The molecule has 0 saturated carbocycles. The van der Waals surface area contributed by atoms with Crippen molar-refractivity contribution in [3.8, 4) is 11.5 Å². The van der Waals surface area contributed by atoms with Gasteiger partial charge in [-0.2, -0.15) is 0 Å². The lowest BCUT2D eigenvalue weighted by Gasteiger charge is -2.15. The predicted molar refractivity (Wildman–Crippen MR) is 99.5 cm³/mol. The van der Waals surface area contributed by atoms with Crippen molar-refractivity contribution in [1.29, 1.82) is 0 Å². The van der Waals surface area contributed by atoms with Crippen molar-refractivity contribution in [2.45, 2.75) is 13.0 Å². The standard InChI is InChI=1S/C18H17Cl2NO5/c1-10(26-18(23)11-4-6-13(19)14(20)8-11)17(22)21-12-5-7-15(24-2)16(9-12)25-3/h4-10H,1-3H3,(H,21,22)/t10-/m0/s1. The molecule has 0 radical (unpaired) electrons. The number of hydrogen-bond donors (Lipinski definition) is 1. The second-order valence-electron chi connectivity index (χ2n) is 5.24. The van der Waals surface area contributed by atoms with E-state index in [9.17, 15) is 9.59 Å². The maximum atomic E-state index is 12.2. The van der Waals surface area contributed by atoms with Crippen molar-refractivity contribution in [2.75, 3.05) is 19.5 Å². The summed E-state index contributed by atoms with van der Waals surface area (Å²) in [6.07, 6.45) is -1.02. The van der Waals surface area contributed by atoms with Gasteiger partial charge in [-0.3, -0.25) is 4.79 Å². The Kier molecular flexibility index (Phi) is 6.71. The van der Waals surface area contributed by atoms with Gasteiger partial charge in [-0.25, -0.2) is 4.79 Å². The summed E-state index contributed by atoms with van der Waals surface area (Å²) in [5.74, 6) is -0.181. The highest BCUT2D eigenvalue weighted by atomic mass is 35.5. The Balaban J connectivity index is 2.03. The number of amides is 1. The van der Waals surface area contributed by atoms with Crippen LogP contribution in [0.2, 0.25) is 10.0 Å². The summed E-state index contributed by atoms with van der Waals surface area (Å²) in [7, 11) is 3.01. The lowest BCUT2D eigenvalue weighted by atomic mass is 10.2. The summed E-state index contributed by atoms with van der Waals surface area (Å²) in [5, 5.41) is 3.19. The van der Waals surface area contributed by atoms with Crippen LogP contribution < -0.4 is 14.8 Å². The average molecular weight is 398 g/mol. The Hall–Kier alpha value is -2.44. The van der Waals surface area contributed by atoms with Gasteiger partial charge in [-0.05, 0) is 37.3 Å². The summed E-state index contributed by atoms with van der Waals surface area (Å²) < 4.78 is 15.5. The molecule has 1 amide bonds. The number of carbonyl (C=O) groups is 2. The zero-order chi connectivity index (χ0) is 19.3. The second kappa shape index (κ2) is 8.78. The molecule has 0 bridgehead atoms. The highest BCUT2D eigenvalue weighted by Gasteiger charge is 2.20. The first-order valence-corrected chi connectivity index (χ1v) is 8.30. The van der Waals surface area contributed by atoms with E-state index in [1.165, 1.54) is 39.3 Å². The molecule has 0 aromatic heterocycles. The fourth-order valence-corrected chi connectivity index (χ4v) is 2.36. The van der Waals surface area contributed by atoms with Crippen LogP contribution in [-0.2, 0) is 9.53 Å².